The first-order valence-electron chi connectivity index (χ1n) is 7.46. The molecule has 0 aromatic carbocycles. The third kappa shape index (κ3) is 5.31. The van der Waals surface area contributed by atoms with Gasteiger partial charge in [-0.15, -0.1) is 0 Å². The van der Waals surface area contributed by atoms with Crippen molar-refractivity contribution in [3.05, 3.63) is 0 Å². The number of carbonyl (C=O) groups is 2. The third-order valence-electron chi connectivity index (χ3n) is 3.52. The summed E-state index contributed by atoms with van der Waals surface area (Å²) >= 11 is 0. The number of carboxylic acids is 1. The van der Waals surface area contributed by atoms with Crippen LogP contribution in [0.15, 0.2) is 0 Å². The number of amides is 1. The van der Waals surface area contributed by atoms with Gasteiger partial charge in [0.25, 0.3) is 0 Å². The Hall–Kier alpha value is -1.08. The standard InChI is InChI=1S/C14H28N2O4Si/c1-11(2)8-15-14(12(17)18)9-16(10-14)13(19)20-6-7-21(3,4)5/h11,15H,6-10H2,1-5H3,(H,17,18). The second kappa shape index (κ2) is 6.78. The van der Waals surface area contributed by atoms with E-state index in [1.165, 1.54) is 4.90 Å². The van der Waals surface area contributed by atoms with E-state index in [0.717, 1.165) is 6.04 Å². The van der Waals surface area contributed by atoms with E-state index in [1.54, 1.807) is 0 Å². The Morgan fingerprint density at radius 2 is 1.90 bits per heavy atom. The van der Waals surface area contributed by atoms with E-state index >= 15 is 0 Å². The Morgan fingerprint density at radius 3 is 2.33 bits per heavy atom. The second-order valence-corrected chi connectivity index (χ2v) is 13.1. The minimum Gasteiger partial charge on any atom is -0.480 e. The molecule has 1 fully saturated rings. The van der Waals surface area contributed by atoms with Crippen molar-refractivity contribution in [2.75, 3.05) is 26.2 Å². The molecule has 1 heterocycles. The minimum atomic E-state index is -1.22. The number of nitrogens with zero attached hydrogens (tertiary/aromatic N) is 1. The van der Waals surface area contributed by atoms with Crippen LogP contribution in [0.3, 0.4) is 0 Å². The largest absolute Gasteiger partial charge is 0.480 e. The first kappa shape index (κ1) is 18.0. The Balaban J connectivity index is 2.41. The highest BCUT2D eigenvalue weighted by atomic mass is 28.3. The quantitative estimate of drug-likeness (QED) is 0.701. The van der Waals surface area contributed by atoms with Gasteiger partial charge in [0.2, 0.25) is 0 Å². The van der Waals surface area contributed by atoms with Crippen molar-refractivity contribution in [3.63, 3.8) is 0 Å². The van der Waals surface area contributed by atoms with Gasteiger partial charge in [-0.2, -0.15) is 0 Å². The summed E-state index contributed by atoms with van der Waals surface area (Å²) in [6, 6.07) is 0.919. The molecular weight excluding hydrogens is 288 g/mol. The van der Waals surface area contributed by atoms with Crippen molar-refractivity contribution in [2.24, 2.45) is 5.92 Å². The molecule has 1 rings (SSSR count). The minimum absolute atomic E-state index is 0.167. The van der Waals surface area contributed by atoms with Crippen molar-refractivity contribution in [1.29, 1.82) is 0 Å². The fraction of sp³-hybridized carbons (Fsp3) is 0.857. The van der Waals surface area contributed by atoms with Gasteiger partial charge < -0.3 is 14.7 Å². The zero-order valence-electron chi connectivity index (χ0n) is 13.7. The molecule has 0 radical (unpaired) electrons. The fourth-order valence-electron chi connectivity index (χ4n) is 1.99. The highest BCUT2D eigenvalue weighted by Crippen LogP contribution is 2.23. The molecule has 0 spiro atoms. The summed E-state index contributed by atoms with van der Waals surface area (Å²) in [4.78, 5) is 24.7. The van der Waals surface area contributed by atoms with Gasteiger partial charge in [0.1, 0.15) is 0 Å². The fourth-order valence-corrected chi connectivity index (χ4v) is 2.71. The van der Waals surface area contributed by atoms with E-state index in [1.807, 2.05) is 13.8 Å². The number of aliphatic carboxylic acids is 1. The molecule has 1 aliphatic heterocycles. The number of nitrogens with one attached hydrogen (secondary N) is 1. The first-order chi connectivity index (χ1) is 9.56. The number of hydrogen-bond donors (Lipinski definition) is 2. The molecule has 1 aliphatic rings. The van der Waals surface area contributed by atoms with Crippen LogP contribution in [-0.4, -0.2) is 61.9 Å². The van der Waals surface area contributed by atoms with Gasteiger partial charge in [0, 0.05) is 8.07 Å². The predicted octanol–water partition coefficient (Wildman–Crippen LogP) is 1.85. The lowest BCUT2D eigenvalue weighted by molar-refractivity contribution is -0.151. The monoisotopic (exact) mass is 316 g/mol. The summed E-state index contributed by atoms with van der Waals surface area (Å²) in [6.45, 7) is 12.1. The van der Waals surface area contributed by atoms with Crippen LogP contribution in [0.25, 0.3) is 0 Å². The normalized spacial score (nSPS) is 17.5. The Kier molecular flexibility index (Phi) is 5.80. The SMILES string of the molecule is CC(C)CNC1(C(=O)O)CN(C(=O)OCC[Si](C)(C)C)C1. The molecule has 0 bridgehead atoms. The van der Waals surface area contributed by atoms with Gasteiger partial charge in [0.05, 0.1) is 19.7 Å². The molecule has 0 unspecified atom stereocenters. The van der Waals surface area contributed by atoms with Crippen LogP contribution in [0.1, 0.15) is 13.8 Å². The zero-order chi connectivity index (χ0) is 16.3. The Morgan fingerprint density at radius 1 is 1.33 bits per heavy atom. The molecule has 0 aromatic rings. The van der Waals surface area contributed by atoms with E-state index < -0.39 is 25.7 Å². The zero-order valence-corrected chi connectivity index (χ0v) is 14.7. The van der Waals surface area contributed by atoms with Crippen LogP contribution < -0.4 is 5.32 Å². The van der Waals surface area contributed by atoms with Crippen molar-refractivity contribution >= 4 is 20.1 Å². The molecular formula is C14H28N2O4Si. The molecule has 122 valence electrons. The average Bonchev–Trinajstić information content (AvgIpc) is 2.24. The lowest BCUT2D eigenvalue weighted by atomic mass is 9.89. The van der Waals surface area contributed by atoms with Crippen LogP contribution in [0, 0.1) is 5.92 Å². The maximum atomic E-state index is 11.9. The van der Waals surface area contributed by atoms with Gasteiger partial charge >= 0.3 is 12.1 Å². The molecule has 0 atom stereocenters. The van der Waals surface area contributed by atoms with E-state index in [-0.39, 0.29) is 13.1 Å². The summed E-state index contributed by atoms with van der Waals surface area (Å²) in [5.41, 5.74) is -1.01. The number of rotatable bonds is 7. The summed E-state index contributed by atoms with van der Waals surface area (Å²) in [6.07, 6.45) is -0.406. The number of carbonyl (C=O) groups excluding carboxylic acids is 1. The highest BCUT2D eigenvalue weighted by molar-refractivity contribution is 6.76. The molecule has 0 aliphatic carbocycles. The van der Waals surface area contributed by atoms with Gasteiger partial charge in [-0.25, -0.2) is 4.79 Å². The van der Waals surface area contributed by atoms with Crippen molar-refractivity contribution in [3.8, 4) is 0 Å². The molecule has 6 nitrogen and oxygen atoms in total. The Bertz CT molecular complexity index is 387. The van der Waals surface area contributed by atoms with E-state index in [4.69, 9.17) is 4.74 Å². The predicted molar refractivity (Wildman–Crippen MR) is 84.3 cm³/mol. The molecule has 7 heteroatoms. The molecule has 1 amide bonds. The molecule has 0 saturated carbocycles. The topological polar surface area (TPSA) is 78.9 Å². The van der Waals surface area contributed by atoms with Gasteiger partial charge in [-0.1, -0.05) is 33.5 Å². The molecule has 2 N–H and O–H groups in total. The number of likely N-dealkylation sites (tertiary alicyclic amines) is 1. The average molecular weight is 316 g/mol. The first-order valence-corrected chi connectivity index (χ1v) is 11.2. The third-order valence-corrected chi connectivity index (χ3v) is 5.22. The summed E-state index contributed by atoms with van der Waals surface area (Å²) in [5, 5.41) is 12.4. The maximum Gasteiger partial charge on any atom is 0.409 e. The number of ether oxygens (including phenoxy) is 1. The van der Waals surface area contributed by atoms with E-state index in [9.17, 15) is 14.7 Å². The van der Waals surface area contributed by atoms with Crippen molar-refractivity contribution in [1.82, 2.24) is 10.2 Å². The number of hydrogen-bond acceptors (Lipinski definition) is 4. The van der Waals surface area contributed by atoms with Crippen LogP contribution in [0.2, 0.25) is 25.7 Å². The Labute approximate surface area is 127 Å². The van der Waals surface area contributed by atoms with Crippen molar-refractivity contribution in [2.45, 2.75) is 45.1 Å². The summed E-state index contributed by atoms with van der Waals surface area (Å²) in [7, 11) is -1.22. The second-order valence-electron chi connectivity index (χ2n) is 7.44. The highest BCUT2D eigenvalue weighted by Gasteiger charge is 2.51. The van der Waals surface area contributed by atoms with Crippen LogP contribution >= 0.6 is 0 Å². The summed E-state index contributed by atoms with van der Waals surface area (Å²) in [5.74, 6) is -0.548. The lowest BCUT2D eigenvalue weighted by Crippen LogP contribution is -2.74. The van der Waals surface area contributed by atoms with Crippen molar-refractivity contribution < 1.29 is 19.4 Å². The molecule has 1 saturated heterocycles. The molecule has 0 aromatic heterocycles. The molecule has 21 heavy (non-hydrogen) atoms. The van der Waals surface area contributed by atoms with Gasteiger partial charge in [-0.05, 0) is 18.5 Å². The maximum absolute atomic E-state index is 11.9. The van der Waals surface area contributed by atoms with Gasteiger partial charge in [0.15, 0.2) is 5.54 Å². The van der Waals surface area contributed by atoms with Crippen LogP contribution in [0.4, 0.5) is 4.79 Å². The summed E-state index contributed by atoms with van der Waals surface area (Å²) < 4.78 is 5.22. The van der Waals surface area contributed by atoms with E-state index in [2.05, 4.69) is 25.0 Å². The smallest absolute Gasteiger partial charge is 0.409 e. The lowest BCUT2D eigenvalue weighted by Gasteiger charge is -2.46. The van der Waals surface area contributed by atoms with Gasteiger partial charge in [-0.3, -0.25) is 10.1 Å². The van der Waals surface area contributed by atoms with E-state index in [0.29, 0.717) is 19.1 Å². The van der Waals surface area contributed by atoms with Crippen LogP contribution in [0.5, 0.6) is 0 Å². The number of carboxylic acid groups (broad SMARTS) is 1. The van der Waals surface area contributed by atoms with Crippen LogP contribution in [-0.2, 0) is 9.53 Å².